The largest absolute Gasteiger partial charge is 0.228 e. The first-order valence-corrected chi connectivity index (χ1v) is 7.67. The third-order valence-corrected chi connectivity index (χ3v) is 4.52. The van der Waals surface area contributed by atoms with Crippen LogP contribution < -0.4 is 0 Å². The molecule has 2 aromatic rings. The number of hydrogen-bond donors (Lipinski definition) is 0. The zero-order valence-corrected chi connectivity index (χ0v) is 13.5. The third kappa shape index (κ3) is 3.76. The Morgan fingerprint density at radius 1 is 1.00 bits per heavy atom. The van der Waals surface area contributed by atoms with Gasteiger partial charge in [-0.1, -0.05) is 46.6 Å². The number of halogens is 3. The molecule has 0 radical (unpaired) electrons. The van der Waals surface area contributed by atoms with Crippen LogP contribution in [0, 0.1) is 13.8 Å². The van der Waals surface area contributed by atoms with Crippen LogP contribution in [0.1, 0.15) is 17.0 Å². The second kappa shape index (κ2) is 6.31. The van der Waals surface area contributed by atoms with Crippen molar-refractivity contribution < 1.29 is 0 Å². The smallest absolute Gasteiger partial charge is 0.188 e. The van der Waals surface area contributed by atoms with Crippen LogP contribution in [-0.2, 0) is 5.75 Å². The minimum Gasteiger partial charge on any atom is -0.228 e. The van der Waals surface area contributed by atoms with Crippen molar-refractivity contribution >= 4 is 46.6 Å². The maximum Gasteiger partial charge on any atom is 0.188 e. The molecule has 0 aliphatic rings. The Kier molecular flexibility index (Phi) is 4.96. The van der Waals surface area contributed by atoms with E-state index in [1.807, 2.05) is 19.9 Å². The summed E-state index contributed by atoms with van der Waals surface area (Å²) in [6, 6.07) is 5.37. The number of benzene rings is 1. The fourth-order valence-electron chi connectivity index (χ4n) is 1.60. The number of aryl methyl sites for hydroxylation is 2. The van der Waals surface area contributed by atoms with E-state index in [-0.39, 0.29) is 0 Å². The van der Waals surface area contributed by atoms with Crippen molar-refractivity contribution in [1.29, 1.82) is 0 Å². The highest BCUT2D eigenvalue weighted by molar-refractivity contribution is 7.98. The molecule has 2 nitrogen and oxygen atoms in total. The molecular weight excluding hydrogens is 323 g/mol. The van der Waals surface area contributed by atoms with Gasteiger partial charge in [0.2, 0.25) is 0 Å². The maximum absolute atomic E-state index is 6.16. The molecule has 0 bridgehead atoms. The van der Waals surface area contributed by atoms with E-state index in [0.29, 0.717) is 26.0 Å². The molecule has 2 rings (SSSR count). The van der Waals surface area contributed by atoms with E-state index in [4.69, 9.17) is 34.8 Å². The Bertz CT molecular complexity index is 597. The Hall–Kier alpha value is -0.480. The third-order valence-electron chi connectivity index (χ3n) is 2.45. The summed E-state index contributed by atoms with van der Waals surface area (Å²) in [5, 5.41) is 2.31. The molecule has 6 heteroatoms. The second-order valence-corrected chi connectivity index (χ2v) is 6.18. The van der Waals surface area contributed by atoms with Crippen LogP contribution in [0.5, 0.6) is 0 Å². The lowest BCUT2D eigenvalue weighted by Crippen LogP contribution is -1.94. The topological polar surface area (TPSA) is 25.8 Å². The van der Waals surface area contributed by atoms with Crippen LogP contribution in [0.4, 0.5) is 0 Å². The first-order valence-electron chi connectivity index (χ1n) is 5.55. The van der Waals surface area contributed by atoms with Gasteiger partial charge in [0.1, 0.15) is 0 Å². The van der Waals surface area contributed by atoms with Crippen molar-refractivity contribution in [1.82, 2.24) is 9.97 Å². The Balaban J connectivity index is 2.21. The minimum absolute atomic E-state index is 0.492. The molecule has 1 heterocycles. The van der Waals surface area contributed by atoms with Gasteiger partial charge in [0.15, 0.2) is 5.16 Å². The molecule has 1 aromatic carbocycles. The standard InChI is InChI=1S/C13H11Cl3N2S/c1-7-5-8(2)18-13(17-7)19-6-9-10(14)3-4-11(15)12(9)16/h3-5H,6H2,1-2H3. The van der Waals surface area contributed by atoms with Gasteiger partial charge >= 0.3 is 0 Å². The fraction of sp³-hybridized carbons (Fsp3) is 0.231. The zero-order chi connectivity index (χ0) is 14.0. The molecule has 100 valence electrons. The van der Waals surface area contributed by atoms with E-state index in [1.165, 1.54) is 11.8 Å². The normalized spacial score (nSPS) is 10.8. The van der Waals surface area contributed by atoms with Gasteiger partial charge in [-0.15, -0.1) is 0 Å². The average molecular weight is 334 g/mol. The zero-order valence-electron chi connectivity index (χ0n) is 10.4. The number of nitrogens with zero attached hydrogens (tertiary/aromatic N) is 2. The number of thioether (sulfide) groups is 1. The van der Waals surface area contributed by atoms with Gasteiger partial charge in [0, 0.05) is 27.7 Å². The predicted octanol–water partition coefficient (Wildman–Crippen LogP) is 5.35. The van der Waals surface area contributed by atoms with E-state index in [1.54, 1.807) is 12.1 Å². The summed E-state index contributed by atoms with van der Waals surface area (Å²) in [4.78, 5) is 8.73. The Labute approximate surface area is 131 Å². The van der Waals surface area contributed by atoms with Gasteiger partial charge in [-0.2, -0.15) is 0 Å². The van der Waals surface area contributed by atoms with Crippen molar-refractivity contribution in [2.45, 2.75) is 24.8 Å². The first kappa shape index (κ1) is 14.9. The quantitative estimate of drug-likeness (QED) is 0.430. The van der Waals surface area contributed by atoms with E-state index >= 15 is 0 Å². The lowest BCUT2D eigenvalue weighted by atomic mass is 10.2. The van der Waals surface area contributed by atoms with Crippen molar-refractivity contribution in [3.05, 3.63) is 50.2 Å². The summed E-state index contributed by atoms with van der Waals surface area (Å²) in [5.41, 5.74) is 2.69. The Morgan fingerprint density at radius 2 is 1.58 bits per heavy atom. The summed E-state index contributed by atoms with van der Waals surface area (Å²) in [6.07, 6.45) is 0. The summed E-state index contributed by atoms with van der Waals surface area (Å²) >= 11 is 19.8. The van der Waals surface area contributed by atoms with Crippen LogP contribution in [0.25, 0.3) is 0 Å². The van der Waals surface area contributed by atoms with Gasteiger partial charge in [-0.25, -0.2) is 9.97 Å². The van der Waals surface area contributed by atoms with Crippen LogP contribution in [-0.4, -0.2) is 9.97 Å². The van der Waals surface area contributed by atoms with Gasteiger partial charge < -0.3 is 0 Å². The van der Waals surface area contributed by atoms with E-state index < -0.39 is 0 Å². The van der Waals surface area contributed by atoms with Crippen LogP contribution in [0.2, 0.25) is 15.1 Å². The predicted molar refractivity (Wildman–Crippen MR) is 82.5 cm³/mol. The number of rotatable bonds is 3. The highest BCUT2D eigenvalue weighted by Gasteiger charge is 2.11. The van der Waals surface area contributed by atoms with Crippen LogP contribution in [0.15, 0.2) is 23.4 Å². The monoisotopic (exact) mass is 332 g/mol. The first-order chi connectivity index (χ1) is 8.97. The summed E-state index contributed by atoms with van der Waals surface area (Å²) in [5.74, 6) is 0.584. The van der Waals surface area contributed by atoms with Crippen molar-refractivity contribution in [3.63, 3.8) is 0 Å². The molecule has 0 spiro atoms. The molecule has 0 fully saturated rings. The molecule has 1 aromatic heterocycles. The lowest BCUT2D eigenvalue weighted by molar-refractivity contribution is 0.902. The van der Waals surface area contributed by atoms with Gasteiger partial charge in [0.05, 0.1) is 10.0 Å². The number of hydrogen-bond acceptors (Lipinski definition) is 3. The summed E-state index contributed by atoms with van der Waals surface area (Å²) in [6.45, 7) is 3.89. The molecule has 0 N–H and O–H groups in total. The van der Waals surface area contributed by atoms with Crippen molar-refractivity contribution in [3.8, 4) is 0 Å². The van der Waals surface area contributed by atoms with Gasteiger partial charge in [0.25, 0.3) is 0 Å². The molecular formula is C13H11Cl3N2S. The van der Waals surface area contributed by atoms with E-state index in [9.17, 15) is 0 Å². The summed E-state index contributed by atoms with van der Waals surface area (Å²) < 4.78 is 0. The van der Waals surface area contributed by atoms with Gasteiger partial charge in [-0.3, -0.25) is 0 Å². The Morgan fingerprint density at radius 3 is 2.21 bits per heavy atom. The summed E-state index contributed by atoms with van der Waals surface area (Å²) in [7, 11) is 0. The van der Waals surface area contributed by atoms with Crippen LogP contribution in [0.3, 0.4) is 0 Å². The fourth-order valence-corrected chi connectivity index (χ4v) is 3.43. The van der Waals surface area contributed by atoms with Crippen molar-refractivity contribution in [2.24, 2.45) is 0 Å². The van der Waals surface area contributed by atoms with E-state index in [0.717, 1.165) is 17.0 Å². The molecule has 0 saturated heterocycles. The molecule has 0 aliphatic heterocycles. The minimum atomic E-state index is 0.492. The molecule has 0 amide bonds. The van der Waals surface area contributed by atoms with E-state index in [2.05, 4.69) is 9.97 Å². The maximum atomic E-state index is 6.16. The molecule has 19 heavy (non-hydrogen) atoms. The number of aromatic nitrogens is 2. The van der Waals surface area contributed by atoms with Crippen molar-refractivity contribution in [2.75, 3.05) is 0 Å². The highest BCUT2D eigenvalue weighted by Crippen LogP contribution is 2.35. The highest BCUT2D eigenvalue weighted by atomic mass is 35.5. The molecule has 0 aliphatic carbocycles. The molecule has 0 unspecified atom stereocenters. The van der Waals surface area contributed by atoms with Crippen LogP contribution >= 0.6 is 46.6 Å². The van der Waals surface area contributed by atoms with Gasteiger partial charge in [-0.05, 0) is 32.0 Å². The second-order valence-electron chi connectivity index (χ2n) is 4.04. The average Bonchev–Trinajstić information content (AvgIpc) is 2.33. The lowest BCUT2D eigenvalue weighted by Gasteiger charge is -2.08. The SMILES string of the molecule is Cc1cc(C)nc(SCc2c(Cl)ccc(Cl)c2Cl)n1. The molecule has 0 saturated carbocycles. The molecule has 0 atom stereocenters.